The number of ketones is 1. The van der Waals surface area contributed by atoms with Gasteiger partial charge in [-0.25, -0.2) is 0 Å². The third-order valence-corrected chi connectivity index (χ3v) is 8.53. The molecule has 0 unspecified atom stereocenters. The fraction of sp³-hybridized carbons (Fsp3) is 0.345. The lowest BCUT2D eigenvalue weighted by Crippen LogP contribution is -2.55. The highest BCUT2D eigenvalue weighted by molar-refractivity contribution is 5.94. The van der Waals surface area contributed by atoms with E-state index < -0.39 is 5.54 Å². The molecule has 0 aliphatic heterocycles. The van der Waals surface area contributed by atoms with Gasteiger partial charge in [-0.3, -0.25) is 10.1 Å². The summed E-state index contributed by atoms with van der Waals surface area (Å²) in [5.41, 5.74) is 2.62. The van der Waals surface area contributed by atoms with Gasteiger partial charge in [0.2, 0.25) is 0 Å². The van der Waals surface area contributed by atoms with Crippen LogP contribution in [0.2, 0.25) is 0 Å². The molecule has 5 rings (SSSR count). The Kier molecular flexibility index (Phi) is 4.67. The van der Waals surface area contributed by atoms with E-state index in [0.717, 1.165) is 29.5 Å². The van der Waals surface area contributed by atoms with E-state index in [9.17, 15) is 4.79 Å². The maximum Gasteiger partial charge on any atom is 0.156 e. The molecule has 3 aromatic rings. The lowest BCUT2D eigenvalue weighted by Gasteiger charge is -2.41. The molecule has 31 heavy (non-hydrogen) atoms. The fourth-order valence-electron chi connectivity index (χ4n) is 6.30. The molecule has 158 valence electrons. The van der Waals surface area contributed by atoms with Gasteiger partial charge in [0.25, 0.3) is 0 Å². The number of Topliss-reactive ketones (excluding diaryl/α,β-unsaturated/α-hetero) is 1. The van der Waals surface area contributed by atoms with Crippen LogP contribution in [0.25, 0.3) is 0 Å². The zero-order chi connectivity index (χ0) is 21.7. The van der Waals surface area contributed by atoms with Crippen molar-refractivity contribution in [3.63, 3.8) is 0 Å². The van der Waals surface area contributed by atoms with Gasteiger partial charge < -0.3 is 0 Å². The molecule has 0 radical (unpaired) electrons. The molecule has 0 saturated heterocycles. The van der Waals surface area contributed by atoms with Crippen LogP contribution in [0.5, 0.6) is 0 Å². The average molecular weight is 410 g/mol. The number of benzene rings is 3. The Balaban J connectivity index is 1.73. The van der Waals surface area contributed by atoms with Crippen molar-refractivity contribution in [1.82, 2.24) is 5.32 Å². The van der Waals surface area contributed by atoms with Crippen molar-refractivity contribution in [2.45, 2.75) is 45.2 Å². The van der Waals surface area contributed by atoms with Gasteiger partial charge in [0.05, 0.1) is 11.6 Å². The van der Waals surface area contributed by atoms with E-state index in [1.165, 1.54) is 0 Å². The zero-order valence-corrected chi connectivity index (χ0v) is 18.6. The Bertz CT molecular complexity index is 977. The Morgan fingerprint density at radius 3 is 1.52 bits per heavy atom. The van der Waals surface area contributed by atoms with Crippen LogP contribution in [0.4, 0.5) is 0 Å². The number of fused-ring (bicyclic) bond motifs is 2. The minimum absolute atomic E-state index is 0.00243. The first kappa shape index (κ1) is 20.2. The van der Waals surface area contributed by atoms with Crippen molar-refractivity contribution in [3.8, 4) is 0 Å². The topological polar surface area (TPSA) is 29.1 Å². The van der Waals surface area contributed by atoms with Crippen LogP contribution in [0.15, 0.2) is 91.0 Å². The highest BCUT2D eigenvalue weighted by Crippen LogP contribution is 2.64. The monoisotopic (exact) mass is 409 g/mol. The third kappa shape index (κ3) is 2.78. The zero-order valence-electron chi connectivity index (χ0n) is 18.6. The number of carbonyl (C=O) groups excluding carboxylic acids is 1. The molecule has 2 heteroatoms. The summed E-state index contributed by atoms with van der Waals surface area (Å²) in [7, 11) is 0. The fourth-order valence-corrected chi connectivity index (χ4v) is 6.30. The second-order valence-electron chi connectivity index (χ2n) is 10.0. The standard InChI is InChI=1S/C29H31NO/c1-27(2)24-19-20-28(27,3)26(31)25(24)30-29(21-13-7-4-8-14-21,22-15-9-5-10-16-22)23-17-11-6-12-18-23/h4-18,24-25,30H,19-20H2,1-3H3/t24-,25-,28+/m0/s1. The summed E-state index contributed by atoms with van der Waals surface area (Å²) in [4.78, 5) is 13.8. The van der Waals surface area contributed by atoms with Crippen molar-refractivity contribution in [2.75, 3.05) is 0 Å². The minimum atomic E-state index is -0.596. The second-order valence-corrected chi connectivity index (χ2v) is 10.0. The van der Waals surface area contributed by atoms with Crippen LogP contribution in [0.1, 0.15) is 50.3 Å². The lowest BCUT2D eigenvalue weighted by atomic mass is 9.70. The predicted molar refractivity (Wildman–Crippen MR) is 126 cm³/mol. The van der Waals surface area contributed by atoms with E-state index in [0.29, 0.717) is 11.7 Å². The Labute approximate surface area is 185 Å². The van der Waals surface area contributed by atoms with Gasteiger partial charge in [-0.1, -0.05) is 112 Å². The van der Waals surface area contributed by atoms with Crippen LogP contribution in [-0.2, 0) is 10.3 Å². The molecule has 1 N–H and O–H groups in total. The predicted octanol–water partition coefficient (Wildman–Crippen LogP) is 5.96. The van der Waals surface area contributed by atoms with Crippen molar-refractivity contribution in [1.29, 1.82) is 0 Å². The van der Waals surface area contributed by atoms with E-state index in [4.69, 9.17) is 0 Å². The van der Waals surface area contributed by atoms with E-state index in [2.05, 4.69) is 117 Å². The summed E-state index contributed by atoms with van der Waals surface area (Å²) >= 11 is 0. The third-order valence-electron chi connectivity index (χ3n) is 8.53. The molecule has 3 atom stereocenters. The summed E-state index contributed by atoms with van der Waals surface area (Å²) < 4.78 is 0. The Hall–Kier alpha value is -2.71. The van der Waals surface area contributed by atoms with Gasteiger partial charge in [-0.2, -0.15) is 0 Å². The molecular weight excluding hydrogens is 378 g/mol. The first-order valence-electron chi connectivity index (χ1n) is 11.4. The van der Waals surface area contributed by atoms with E-state index in [1.807, 2.05) is 0 Å². The van der Waals surface area contributed by atoms with Gasteiger partial charge in [-0.05, 0) is 40.9 Å². The highest BCUT2D eigenvalue weighted by atomic mass is 16.1. The van der Waals surface area contributed by atoms with Crippen LogP contribution in [-0.4, -0.2) is 11.8 Å². The van der Waals surface area contributed by atoms with Gasteiger partial charge in [0.1, 0.15) is 0 Å². The van der Waals surface area contributed by atoms with Crippen LogP contribution < -0.4 is 5.32 Å². The molecule has 2 saturated carbocycles. The van der Waals surface area contributed by atoms with Gasteiger partial charge in [0.15, 0.2) is 5.78 Å². The number of carbonyl (C=O) groups is 1. The van der Waals surface area contributed by atoms with Crippen LogP contribution in [0.3, 0.4) is 0 Å². The molecule has 0 aromatic heterocycles. The number of rotatable bonds is 5. The first-order chi connectivity index (χ1) is 14.9. The maximum absolute atomic E-state index is 13.8. The number of nitrogens with one attached hydrogen (secondary N) is 1. The smallest absolute Gasteiger partial charge is 0.156 e. The van der Waals surface area contributed by atoms with Crippen LogP contribution >= 0.6 is 0 Å². The molecule has 0 spiro atoms. The average Bonchev–Trinajstić information content (AvgIpc) is 3.12. The largest absolute Gasteiger partial charge is 0.297 e. The number of hydrogen-bond donors (Lipinski definition) is 1. The van der Waals surface area contributed by atoms with Gasteiger partial charge >= 0.3 is 0 Å². The summed E-state index contributed by atoms with van der Waals surface area (Å²) in [6, 6.07) is 31.6. The quantitative estimate of drug-likeness (QED) is 0.527. The van der Waals surface area contributed by atoms with Crippen LogP contribution in [0, 0.1) is 16.7 Å². The van der Waals surface area contributed by atoms with Gasteiger partial charge in [-0.15, -0.1) is 0 Å². The number of hydrogen-bond acceptors (Lipinski definition) is 2. The SMILES string of the molecule is CC1(C)[C@H]2CC[C@]1(C)C(=O)[C@H]2NC(c1ccccc1)(c1ccccc1)c1ccccc1. The first-order valence-corrected chi connectivity index (χ1v) is 11.4. The molecule has 2 aliphatic carbocycles. The molecule has 0 heterocycles. The molecule has 2 nitrogen and oxygen atoms in total. The maximum atomic E-state index is 13.8. The van der Waals surface area contributed by atoms with Crippen molar-refractivity contribution in [2.24, 2.45) is 16.7 Å². The van der Waals surface area contributed by atoms with E-state index in [1.54, 1.807) is 0 Å². The van der Waals surface area contributed by atoms with Gasteiger partial charge in [0, 0.05) is 5.41 Å². The summed E-state index contributed by atoms with van der Waals surface area (Å²) in [6.45, 7) is 6.77. The van der Waals surface area contributed by atoms with Crippen molar-refractivity contribution >= 4 is 5.78 Å². The molecule has 2 fully saturated rings. The molecule has 0 amide bonds. The highest BCUT2D eigenvalue weighted by Gasteiger charge is 2.67. The molecule has 2 bridgehead atoms. The normalized spacial score (nSPS) is 26.9. The lowest BCUT2D eigenvalue weighted by molar-refractivity contribution is -0.130. The Morgan fingerprint density at radius 1 is 0.742 bits per heavy atom. The van der Waals surface area contributed by atoms with Crippen molar-refractivity contribution in [3.05, 3.63) is 108 Å². The minimum Gasteiger partial charge on any atom is -0.297 e. The second kappa shape index (κ2) is 7.17. The summed E-state index contributed by atoms with van der Waals surface area (Å²) in [6.07, 6.45) is 2.10. The molecular formula is C29H31NO. The van der Waals surface area contributed by atoms with E-state index in [-0.39, 0.29) is 16.9 Å². The Morgan fingerprint density at radius 2 is 1.16 bits per heavy atom. The van der Waals surface area contributed by atoms with Crippen molar-refractivity contribution < 1.29 is 4.79 Å². The molecule has 3 aromatic carbocycles. The molecule has 2 aliphatic rings. The summed E-state index contributed by atoms with van der Waals surface area (Å²) in [5.74, 6) is 0.710. The summed E-state index contributed by atoms with van der Waals surface area (Å²) in [5, 5.41) is 3.99. The van der Waals surface area contributed by atoms with E-state index >= 15 is 0 Å².